The number of amides is 2. The van der Waals surface area contributed by atoms with Crippen LogP contribution in [0.5, 0.6) is 0 Å². The summed E-state index contributed by atoms with van der Waals surface area (Å²) in [5.41, 5.74) is 0.153. The maximum Gasteiger partial charge on any atom is 0.416 e. The number of rotatable bonds is 5. The van der Waals surface area contributed by atoms with Gasteiger partial charge in [-0.3, -0.25) is 9.59 Å². The molecule has 1 aromatic carbocycles. The number of carbonyl (C=O) groups excluding carboxylic acids is 2. The van der Waals surface area contributed by atoms with Gasteiger partial charge in [0.2, 0.25) is 11.8 Å². The molecule has 0 aliphatic carbocycles. The molecular weight excluding hydrogens is 391 g/mol. The van der Waals surface area contributed by atoms with Crippen molar-refractivity contribution >= 4 is 29.3 Å². The van der Waals surface area contributed by atoms with E-state index in [1.165, 1.54) is 28.8 Å². The molecule has 1 unspecified atom stereocenters. The monoisotopic (exact) mass is 409 g/mol. The third kappa shape index (κ3) is 4.83. The van der Waals surface area contributed by atoms with E-state index < -0.39 is 17.7 Å². The zero-order valence-electron chi connectivity index (χ0n) is 15.0. The molecule has 1 aliphatic heterocycles. The predicted octanol–water partition coefficient (Wildman–Crippen LogP) is 3.81. The second-order valence-corrected chi connectivity index (χ2v) is 7.28. The largest absolute Gasteiger partial charge is 0.416 e. The molecule has 1 aromatic heterocycles. The molecule has 2 aromatic rings. The van der Waals surface area contributed by atoms with Gasteiger partial charge in [-0.25, -0.2) is 4.98 Å². The Morgan fingerprint density at radius 3 is 2.75 bits per heavy atom. The molecule has 3 rings (SSSR count). The highest BCUT2D eigenvalue weighted by molar-refractivity contribution is 7.98. The molecule has 0 saturated carbocycles. The van der Waals surface area contributed by atoms with Crippen molar-refractivity contribution in [2.75, 3.05) is 18.1 Å². The SMILES string of the molecule is CSc1ccc(NC(=O)C2CC(=O)N(Cc3cccc(C(F)(F)F)c3)C2)cn1. The number of likely N-dealkylation sites (tertiary alicyclic amines) is 1. The van der Waals surface area contributed by atoms with Gasteiger partial charge in [-0.15, -0.1) is 11.8 Å². The average molecular weight is 409 g/mol. The van der Waals surface area contributed by atoms with Crippen molar-refractivity contribution in [3.05, 3.63) is 53.7 Å². The molecule has 0 radical (unpaired) electrons. The number of anilines is 1. The first kappa shape index (κ1) is 20.2. The van der Waals surface area contributed by atoms with E-state index in [9.17, 15) is 22.8 Å². The average Bonchev–Trinajstić information content (AvgIpc) is 3.02. The zero-order valence-corrected chi connectivity index (χ0v) is 15.8. The third-order valence-corrected chi connectivity index (χ3v) is 5.09. The quantitative estimate of drug-likeness (QED) is 0.763. The molecule has 1 fully saturated rings. The van der Waals surface area contributed by atoms with Gasteiger partial charge in [0.15, 0.2) is 0 Å². The number of hydrogen-bond acceptors (Lipinski definition) is 4. The van der Waals surface area contributed by atoms with E-state index in [0.29, 0.717) is 11.3 Å². The van der Waals surface area contributed by atoms with Crippen LogP contribution in [0.4, 0.5) is 18.9 Å². The highest BCUT2D eigenvalue weighted by atomic mass is 32.2. The molecule has 5 nitrogen and oxygen atoms in total. The number of halogens is 3. The smallest absolute Gasteiger partial charge is 0.338 e. The highest BCUT2D eigenvalue weighted by Crippen LogP contribution is 2.30. The van der Waals surface area contributed by atoms with Gasteiger partial charge in [0.25, 0.3) is 0 Å². The predicted molar refractivity (Wildman–Crippen MR) is 99.6 cm³/mol. The van der Waals surface area contributed by atoms with Crippen LogP contribution >= 0.6 is 11.8 Å². The molecule has 28 heavy (non-hydrogen) atoms. The van der Waals surface area contributed by atoms with E-state index in [4.69, 9.17) is 0 Å². The number of nitrogens with one attached hydrogen (secondary N) is 1. The standard InChI is InChI=1S/C19H18F3N3O2S/c1-28-16-6-5-15(9-23-16)24-18(27)13-8-17(26)25(11-13)10-12-3-2-4-14(7-12)19(20,21)22/h2-7,9,13H,8,10-11H2,1H3,(H,24,27). The minimum absolute atomic E-state index is 0.0289. The number of nitrogens with zero attached hydrogens (tertiary/aromatic N) is 2. The van der Waals surface area contributed by atoms with Crippen molar-refractivity contribution in [1.82, 2.24) is 9.88 Å². The van der Waals surface area contributed by atoms with E-state index in [-0.39, 0.29) is 31.3 Å². The fraction of sp³-hybridized carbons (Fsp3) is 0.316. The molecule has 0 spiro atoms. The Kier molecular flexibility index (Phi) is 5.93. The molecule has 2 amide bonds. The second kappa shape index (κ2) is 8.22. The third-order valence-electron chi connectivity index (χ3n) is 4.43. The van der Waals surface area contributed by atoms with Crippen molar-refractivity contribution < 1.29 is 22.8 Å². The molecule has 0 bridgehead atoms. The van der Waals surface area contributed by atoms with Gasteiger partial charge < -0.3 is 10.2 Å². The van der Waals surface area contributed by atoms with Crippen LogP contribution in [0.15, 0.2) is 47.6 Å². The Balaban J connectivity index is 1.62. The van der Waals surface area contributed by atoms with Crippen LogP contribution in [0.25, 0.3) is 0 Å². The minimum Gasteiger partial charge on any atom is -0.338 e. The first-order valence-corrected chi connectivity index (χ1v) is 9.73. The van der Waals surface area contributed by atoms with Gasteiger partial charge in [-0.2, -0.15) is 13.2 Å². The van der Waals surface area contributed by atoms with E-state index in [2.05, 4.69) is 10.3 Å². The van der Waals surface area contributed by atoms with E-state index in [1.54, 1.807) is 18.3 Å². The van der Waals surface area contributed by atoms with Crippen molar-refractivity contribution in [1.29, 1.82) is 0 Å². The Bertz CT molecular complexity index is 871. The molecule has 148 valence electrons. The lowest BCUT2D eigenvalue weighted by Crippen LogP contribution is -2.28. The van der Waals surface area contributed by atoms with E-state index >= 15 is 0 Å². The lowest BCUT2D eigenvalue weighted by Gasteiger charge is -2.17. The van der Waals surface area contributed by atoms with E-state index in [0.717, 1.165) is 17.2 Å². The van der Waals surface area contributed by atoms with Crippen LogP contribution in [0.2, 0.25) is 0 Å². The van der Waals surface area contributed by atoms with Crippen LogP contribution in [0, 0.1) is 5.92 Å². The Hall–Kier alpha value is -2.55. The van der Waals surface area contributed by atoms with Crippen molar-refractivity contribution in [3.63, 3.8) is 0 Å². The topological polar surface area (TPSA) is 62.3 Å². The molecule has 9 heteroatoms. The zero-order chi connectivity index (χ0) is 20.3. The lowest BCUT2D eigenvalue weighted by molar-refractivity contribution is -0.137. The summed E-state index contributed by atoms with van der Waals surface area (Å²) in [6, 6.07) is 8.37. The second-order valence-electron chi connectivity index (χ2n) is 6.45. The summed E-state index contributed by atoms with van der Waals surface area (Å²) < 4.78 is 38.5. The van der Waals surface area contributed by atoms with E-state index in [1.807, 2.05) is 6.26 Å². The number of pyridine rings is 1. The summed E-state index contributed by atoms with van der Waals surface area (Å²) in [6.45, 7) is 0.202. The van der Waals surface area contributed by atoms with Crippen LogP contribution in [0.3, 0.4) is 0 Å². The van der Waals surface area contributed by atoms with Gasteiger partial charge >= 0.3 is 6.18 Å². The van der Waals surface area contributed by atoms with Gasteiger partial charge in [0.1, 0.15) is 0 Å². The van der Waals surface area contributed by atoms with Crippen molar-refractivity contribution in [2.45, 2.75) is 24.2 Å². The Morgan fingerprint density at radius 1 is 1.32 bits per heavy atom. The van der Waals surface area contributed by atoms with Crippen molar-refractivity contribution in [3.8, 4) is 0 Å². The molecule has 1 N–H and O–H groups in total. The van der Waals surface area contributed by atoms with Crippen LogP contribution < -0.4 is 5.32 Å². The van der Waals surface area contributed by atoms with Crippen molar-refractivity contribution in [2.24, 2.45) is 5.92 Å². The normalized spacial score (nSPS) is 17.1. The fourth-order valence-corrected chi connectivity index (χ4v) is 3.35. The number of benzene rings is 1. The molecule has 1 aliphatic rings. The number of aromatic nitrogens is 1. The summed E-state index contributed by atoms with van der Waals surface area (Å²) in [4.78, 5) is 30.2. The molecule has 1 atom stereocenters. The summed E-state index contributed by atoms with van der Waals surface area (Å²) in [7, 11) is 0. The molecule has 2 heterocycles. The molecular formula is C19H18F3N3O2S. The number of thioether (sulfide) groups is 1. The Labute approximate surface area is 164 Å². The summed E-state index contributed by atoms with van der Waals surface area (Å²) in [5.74, 6) is -1.12. The molecule has 1 saturated heterocycles. The van der Waals surface area contributed by atoms with Gasteiger partial charge in [-0.05, 0) is 36.1 Å². The first-order chi connectivity index (χ1) is 13.3. The van der Waals surface area contributed by atoms with Crippen LogP contribution in [-0.2, 0) is 22.3 Å². The summed E-state index contributed by atoms with van der Waals surface area (Å²) >= 11 is 1.48. The fourth-order valence-electron chi connectivity index (χ4n) is 2.99. The summed E-state index contributed by atoms with van der Waals surface area (Å²) in [6.07, 6.45) is -0.973. The van der Waals surface area contributed by atoms with Crippen LogP contribution in [-0.4, -0.2) is 34.5 Å². The minimum atomic E-state index is -4.44. The Morgan fingerprint density at radius 2 is 2.11 bits per heavy atom. The van der Waals surface area contributed by atoms with Gasteiger partial charge in [0.05, 0.1) is 28.4 Å². The van der Waals surface area contributed by atoms with Crippen LogP contribution in [0.1, 0.15) is 17.5 Å². The lowest BCUT2D eigenvalue weighted by atomic mass is 10.1. The highest BCUT2D eigenvalue weighted by Gasteiger charge is 2.35. The summed E-state index contributed by atoms with van der Waals surface area (Å²) in [5, 5.41) is 3.55. The number of alkyl halides is 3. The maximum atomic E-state index is 12.8. The van der Waals surface area contributed by atoms with Gasteiger partial charge in [-0.1, -0.05) is 12.1 Å². The maximum absolute atomic E-state index is 12.8. The number of carbonyl (C=O) groups is 2. The van der Waals surface area contributed by atoms with Gasteiger partial charge in [0, 0.05) is 19.5 Å². The number of hydrogen-bond donors (Lipinski definition) is 1. The first-order valence-electron chi connectivity index (χ1n) is 8.51.